The van der Waals surface area contributed by atoms with Crippen molar-refractivity contribution in [1.29, 1.82) is 0 Å². The summed E-state index contributed by atoms with van der Waals surface area (Å²) in [5.41, 5.74) is 0.231. The Balaban J connectivity index is 1.99. The van der Waals surface area contributed by atoms with Crippen molar-refractivity contribution in [2.75, 3.05) is 30.9 Å². The molecule has 29 heavy (non-hydrogen) atoms. The lowest BCUT2D eigenvalue weighted by Gasteiger charge is -2.21. The van der Waals surface area contributed by atoms with Crippen molar-refractivity contribution in [3.05, 3.63) is 46.9 Å². The molecule has 1 amide bonds. The number of rotatable bonds is 3. The van der Waals surface area contributed by atoms with Crippen LogP contribution in [0.15, 0.2) is 24.3 Å². The SMILES string of the molecule is CC(=O)N1CCC(Nc2nc(N(C)C)cc(C(F)(F)F)n2)c2ccc(F)cc2C1. The van der Waals surface area contributed by atoms with Crippen molar-refractivity contribution in [2.24, 2.45) is 0 Å². The summed E-state index contributed by atoms with van der Waals surface area (Å²) in [7, 11) is 3.17. The number of amides is 1. The van der Waals surface area contributed by atoms with Gasteiger partial charge in [0.15, 0.2) is 5.69 Å². The monoisotopic (exact) mass is 411 g/mol. The maximum atomic E-state index is 13.8. The van der Waals surface area contributed by atoms with Gasteiger partial charge in [0.05, 0.1) is 6.04 Å². The quantitative estimate of drug-likeness (QED) is 0.782. The lowest BCUT2D eigenvalue weighted by Crippen LogP contribution is -2.28. The number of hydrogen-bond donors (Lipinski definition) is 1. The molecule has 10 heteroatoms. The van der Waals surface area contributed by atoms with Gasteiger partial charge in [-0.05, 0) is 29.7 Å². The van der Waals surface area contributed by atoms with Crippen LogP contribution in [0.1, 0.15) is 36.2 Å². The third-order valence-corrected chi connectivity index (χ3v) is 4.74. The van der Waals surface area contributed by atoms with Crippen molar-refractivity contribution < 1.29 is 22.4 Å². The number of hydrogen-bond acceptors (Lipinski definition) is 5. The van der Waals surface area contributed by atoms with Crippen molar-refractivity contribution in [1.82, 2.24) is 14.9 Å². The highest BCUT2D eigenvalue weighted by atomic mass is 19.4. The standard InChI is InChI=1S/C19H21F4N5O/c1-11(29)28-7-6-15(14-5-4-13(20)8-12(14)10-28)24-18-25-16(19(21,22)23)9-17(26-18)27(2)3/h4-5,8-9,15H,6-7,10H2,1-3H3,(H,24,25,26). The molecule has 0 fully saturated rings. The molecule has 1 aromatic heterocycles. The smallest absolute Gasteiger partial charge is 0.363 e. The summed E-state index contributed by atoms with van der Waals surface area (Å²) < 4.78 is 53.5. The molecule has 1 N–H and O–H groups in total. The summed E-state index contributed by atoms with van der Waals surface area (Å²) >= 11 is 0. The minimum atomic E-state index is -4.62. The summed E-state index contributed by atoms with van der Waals surface area (Å²) in [4.78, 5) is 22.7. The topological polar surface area (TPSA) is 61.4 Å². The first-order chi connectivity index (χ1) is 13.5. The second-order valence-corrected chi connectivity index (χ2v) is 7.10. The zero-order valence-electron chi connectivity index (χ0n) is 16.2. The van der Waals surface area contributed by atoms with Crippen LogP contribution in [0.4, 0.5) is 29.3 Å². The fourth-order valence-corrected chi connectivity index (χ4v) is 3.22. The predicted molar refractivity (Wildman–Crippen MR) is 99.8 cm³/mol. The van der Waals surface area contributed by atoms with E-state index in [1.54, 1.807) is 25.1 Å². The Morgan fingerprint density at radius 2 is 1.97 bits per heavy atom. The minimum Gasteiger partial charge on any atom is -0.363 e. The molecule has 0 radical (unpaired) electrons. The van der Waals surface area contributed by atoms with Gasteiger partial charge in [-0.25, -0.2) is 9.37 Å². The van der Waals surface area contributed by atoms with Gasteiger partial charge in [0.1, 0.15) is 11.6 Å². The normalized spacial score (nSPS) is 16.8. The van der Waals surface area contributed by atoms with Gasteiger partial charge in [-0.15, -0.1) is 0 Å². The second-order valence-electron chi connectivity index (χ2n) is 7.10. The Morgan fingerprint density at radius 1 is 1.24 bits per heavy atom. The van der Waals surface area contributed by atoms with Crippen molar-refractivity contribution in [2.45, 2.75) is 32.1 Å². The van der Waals surface area contributed by atoms with Crippen molar-refractivity contribution >= 4 is 17.7 Å². The molecule has 1 aliphatic heterocycles. The largest absolute Gasteiger partial charge is 0.433 e. The third-order valence-electron chi connectivity index (χ3n) is 4.74. The van der Waals surface area contributed by atoms with Crippen LogP contribution >= 0.6 is 0 Å². The van der Waals surface area contributed by atoms with E-state index in [1.807, 2.05) is 0 Å². The molecule has 0 saturated carbocycles. The van der Waals surface area contributed by atoms with Crippen LogP contribution in [0.25, 0.3) is 0 Å². The van der Waals surface area contributed by atoms with Crippen molar-refractivity contribution in [3.8, 4) is 0 Å². The average molecular weight is 411 g/mol. The molecule has 2 aromatic rings. The highest BCUT2D eigenvalue weighted by Gasteiger charge is 2.34. The van der Waals surface area contributed by atoms with Gasteiger partial charge in [0.2, 0.25) is 11.9 Å². The Morgan fingerprint density at radius 3 is 2.59 bits per heavy atom. The van der Waals surface area contributed by atoms with Crippen LogP contribution in [0.3, 0.4) is 0 Å². The molecule has 1 atom stereocenters. The molecular weight excluding hydrogens is 390 g/mol. The Hall–Kier alpha value is -2.91. The number of benzene rings is 1. The number of fused-ring (bicyclic) bond motifs is 1. The van der Waals surface area contributed by atoms with E-state index in [2.05, 4.69) is 15.3 Å². The van der Waals surface area contributed by atoms with Crippen LogP contribution in [-0.4, -0.2) is 41.4 Å². The molecule has 0 spiro atoms. The molecule has 156 valence electrons. The van der Waals surface area contributed by atoms with E-state index in [0.717, 1.165) is 6.07 Å². The predicted octanol–water partition coefficient (Wildman–Crippen LogP) is 3.61. The van der Waals surface area contributed by atoms with Crippen LogP contribution < -0.4 is 10.2 Å². The first-order valence-corrected chi connectivity index (χ1v) is 8.98. The minimum absolute atomic E-state index is 0.105. The highest BCUT2D eigenvalue weighted by molar-refractivity contribution is 5.73. The van der Waals surface area contributed by atoms with E-state index in [0.29, 0.717) is 24.1 Å². The summed E-state index contributed by atoms with van der Waals surface area (Å²) in [5.74, 6) is -0.683. The van der Waals surface area contributed by atoms with E-state index in [9.17, 15) is 22.4 Å². The lowest BCUT2D eigenvalue weighted by molar-refractivity contribution is -0.141. The van der Waals surface area contributed by atoms with Crippen molar-refractivity contribution in [3.63, 3.8) is 0 Å². The van der Waals surface area contributed by atoms with Crippen LogP contribution in [-0.2, 0) is 17.5 Å². The maximum Gasteiger partial charge on any atom is 0.433 e. The number of anilines is 2. The molecule has 6 nitrogen and oxygen atoms in total. The van der Waals surface area contributed by atoms with Gasteiger partial charge in [-0.2, -0.15) is 18.2 Å². The van der Waals surface area contributed by atoms with E-state index in [4.69, 9.17) is 0 Å². The summed E-state index contributed by atoms with van der Waals surface area (Å²) in [6.45, 7) is 2.02. The molecular formula is C19H21F4N5O. The summed E-state index contributed by atoms with van der Waals surface area (Å²) in [5, 5.41) is 2.95. The number of nitrogens with one attached hydrogen (secondary N) is 1. The summed E-state index contributed by atoms with van der Waals surface area (Å²) in [6, 6.07) is 4.60. The average Bonchev–Trinajstić information content (AvgIpc) is 2.80. The van der Waals surface area contributed by atoms with Gasteiger partial charge in [0, 0.05) is 40.2 Å². The maximum absolute atomic E-state index is 13.8. The fourth-order valence-electron chi connectivity index (χ4n) is 3.22. The van der Waals surface area contributed by atoms with Crippen LogP contribution in [0, 0.1) is 5.82 Å². The molecule has 2 heterocycles. The van der Waals surface area contributed by atoms with E-state index < -0.39 is 23.7 Å². The number of alkyl halides is 3. The van der Waals surface area contributed by atoms with Gasteiger partial charge >= 0.3 is 6.18 Å². The number of halogens is 4. The van der Waals surface area contributed by atoms with Crippen LogP contribution in [0.5, 0.6) is 0 Å². The molecule has 3 rings (SSSR count). The summed E-state index contributed by atoms with van der Waals surface area (Å²) in [6.07, 6.45) is -4.21. The number of carbonyl (C=O) groups is 1. The Labute approximate surface area is 165 Å². The third kappa shape index (κ3) is 4.75. The van der Waals surface area contributed by atoms with Gasteiger partial charge in [0.25, 0.3) is 0 Å². The Bertz CT molecular complexity index is 916. The molecule has 1 unspecified atom stereocenters. The molecule has 1 aliphatic rings. The zero-order chi connectivity index (χ0) is 21.3. The molecule has 0 bridgehead atoms. The van der Waals surface area contributed by atoms with Gasteiger partial charge < -0.3 is 15.1 Å². The lowest BCUT2D eigenvalue weighted by atomic mass is 9.99. The molecule has 0 aliphatic carbocycles. The fraction of sp³-hybridized carbons (Fsp3) is 0.421. The van der Waals surface area contributed by atoms with E-state index in [-0.39, 0.29) is 24.2 Å². The zero-order valence-corrected chi connectivity index (χ0v) is 16.2. The Kier molecular flexibility index (Phi) is 5.63. The highest BCUT2D eigenvalue weighted by Crippen LogP contribution is 2.33. The van der Waals surface area contributed by atoms with E-state index >= 15 is 0 Å². The first kappa shape index (κ1) is 20.8. The second kappa shape index (κ2) is 7.84. The molecule has 1 aromatic carbocycles. The van der Waals surface area contributed by atoms with E-state index in [1.165, 1.54) is 24.0 Å². The van der Waals surface area contributed by atoms with Gasteiger partial charge in [-0.1, -0.05) is 6.07 Å². The first-order valence-electron chi connectivity index (χ1n) is 8.98. The molecule has 0 saturated heterocycles. The number of aromatic nitrogens is 2. The van der Waals surface area contributed by atoms with Gasteiger partial charge in [-0.3, -0.25) is 4.79 Å². The number of nitrogens with zero attached hydrogens (tertiary/aromatic N) is 4. The van der Waals surface area contributed by atoms with Crippen LogP contribution in [0.2, 0.25) is 0 Å². The number of carbonyl (C=O) groups excluding carboxylic acids is 1.